The summed E-state index contributed by atoms with van der Waals surface area (Å²) in [7, 11) is 0. The second kappa shape index (κ2) is 6.76. The van der Waals surface area contributed by atoms with Gasteiger partial charge in [-0.2, -0.15) is 0 Å². The molecule has 0 unspecified atom stereocenters. The molecule has 1 aromatic rings. The number of benzene rings is 1. The lowest BCUT2D eigenvalue weighted by atomic mass is 9.83. The predicted octanol–water partition coefficient (Wildman–Crippen LogP) is 2.74. The number of nitrogens with two attached hydrogens (primary N) is 1. The summed E-state index contributed by atoms with van der Waals surface area (Å²) in [6, 6.07) is 9.81. The van der Waals surface area contributed by atoms with Gasteiger partial charge in [-0.25, -0.2) is 0 Å². The van der Waals surface area contributed by atoms with E-state index in [0.717, 1.165) is 18.6 Å². The highest BCUT2D eigenvalue weighted by Gasteiger charge is 2.27. The molecular weight excluding hydrogens is 226 g/mol. The Morgan fingerprint density at radius 3 is 2.44 bits per heavy atom. The van der Waals surface area contributed by atoms with Crippen LogP contribution in [-0.2, 0) is 4.74 Å². The van der Waals surface area contributed by atoms with Crippen LogP contribution in [0, 0.1) is 0 Å². The van der Waals surface area contributed by atoms with Gasteiger partial charge < -0.3 is 15.2 Å². The molecule has 1 aliphatic carbocycles. The second-order valence-corrected chi connectivity index (χ2v) is 5.14. The van der Waals surface area contributed by atoms with Crippen molar-refractivity contribution < 1.29 is 9.47 Å². The summed E-state index contributed by atoms with van der Waals surface area (Å²) >= 11 is 0. The Bertz CT molecular complexity index is 334. The van der Waals surface area contributed by atoms with Gasteiger partial charge in [0.15, 0.2) is 0 Å². The normalized spacial score (nSPS) is 18.5. The van der Waals surface area contributed by atoms with Crippen LogP contribution in [0.1, 0.15) is 32.1 Å². The maximum atomic E-state index is 6.29. The lowest BCUT2D eigenvalue weighted by Gasteiger charge is -2.32. The molecule has 0 atom stereocenters. The first-order valence-electron chi connectivity index (χ1n) is 6.83. The highest BCUT2D eigenvalue weighted by Crippen LogP contribution is 2.25. The van der Waals surface area contributed by atoms with Gasteiger partial charge in [0.1, 0.15) is 12.4 Å². The van der Waals surface area contributed by atoms with Gasteiger partial charge >= 0.3 is 0 Å². The van der Waals surface area contributed by atoms with Crippen molar-refractivity contribution in [1.29, 1.82) is 0 Å². The number of rotatable bonds is 6. The molecular formula is C15H23NO2. The molecule has 1 aliphatic rings. The molecule has 1 saturated carbocycles. The molecule has 100 valence electrons. The smallest absolute Gasteiger partial charge is 0.119 e. The first kappa shape index (κ1) is 13.4. The minimum atomic E-state index is -0.0923. The number of ether oxygens (including phenoxy) is 2. The zero-order valence-corrected chi connectivity index (χ0v) is 10.9. The predicted molar refractivity (Wildman–Crippen MR) is 72.8 cm³/mol. The van der Waals surface area contributed by atoms with Gasteiger partial charge in [-0.05, 0) is 25.0 Å². The van der Waals surface area contributed by atoms with Crippen molar-refractivity contribution in [3.05, 3.63) is 30.3 Å². The zero-order chi connectivity index (χ0) is 12.7. The van der Waals surface area contributed by atoms with Crippen LogP contribution in [0.25, 0.3) is 0 Å². The Hall–Kier alpha value is -1.06. The van der Waals surface area contributed by atoms with Crippen molar-refractivity contribution in [1.82, 2.24) is 0 Å². The lowest BCUT2D eigenvalue weighted by Crippen LogP contribution is -2.46. The van der Waals surface area contributed by atoms with E-state index in [9.17, 15) is 0 Å². The molecule has 0 aliphatic heterocycles. The van der Waals surface area contributed by atoms with Crippen LogP contribution >= 0.6 is 0 Å². The largest absolute Gasteiger partial charge is 0.491 e. The monoisotopic (exact) mass is 249 g/mol. The zero-order valence-electron chi connectivity index (χ0n) is 10.9. The first-order valence-corrected chi connectivity index (χ1v) is 6.83. The fourth-order valence-electron chi connectivity index (χ4n) is 2.41. The van der Waals surface area contributed by atoms with Crippen LogP contribution in [-0.4, -0.2) is 25.4 Å². The van der Waals surface area contributed by atoms with Gasteiger partial charge in [0, 0.05) is 5.54 Å². The molecule has 2 rings (SSSR count). The lowest BCUT2D eigenvalue weighted by molar-refractivity contribution is 0.0498. The summed E-state index contributed by atoms with van der Waals surface area (Å²) in [4.78, 5) is 0. The Morgan fingerprint density at radius 1 is 1.00 bits per heavy atom. The molecule has 0 spiro atoms. The molecule has 0 aromatic heterocycles. The molecule has 18 heavy (non-hydrogen) atoms. The van der Waals surface area contributed by atoms with E-state index in [0.29, 0.717) is 19.8 Å². The van der Waals surface area contributed by atoms with Gasteiger partial charge in [-0.15, -0.1) is 0 Å². The van der Waals surface area contributed by atoms with Crippen LogP contribution < -0.4 is 10.5 Å². The van der Waals surface area contributed by atoms with E-state index in [2.05, 4.69) is 0 Å². The summed E-state index contributed by atoms with van der Waals surface area (Å²) in [6.07, 6.45) is 5.97. The third kappa shape index (κ3) is 4.31. The summed E-state index contributed by atoms with van der Waals surface area (Å²) < 4.78 is 11.2. The van der Waals surface area contributed by atoms with E-state index in [1.807, 2.05) is 30.3 Å². The van der Waals surface area contributed by atoms with Crippen molar-refractivity contribution in [3.63, 3.8) is 0 Å². The van der Waals surface area contributed by atoms with E-state index in [-0.39, 0.29) is 5.54 Å². The van der Waals surface area contributed by atoms with Gasteiger partial charge in [0.05, 0.1) is 13.2 Å². The minimum Gasteiger partial charge on any atom is -0.491 e. The number of hydrogen-bond acceptors (Lipinski definition) is 3. The fourth-order valence-corrected chi connectivity index (χ4v) is 2.41. The highest BCUT2D eigenvalue weighted by atomic mass is 16.5. The number of hydrogen-bond donors (Lipinski definition) is 1. The van der Waals surface area contributed by atoms with Crippen LogP contribution in [0.4, 0.5) is 0 Å². The van der Waals surface area contributed by atoms with Crippen molar-refractivity contribution in [3.8, 4) is 5.75 Å². The summed E-state index contributed by atoms with van der Waals surface area (Å²) in [5.41, 5.74) is 6.19. The third-order valence-corrected chi connectivity index (χ3v) is 3.48. The molecule has 0 heterocycles. The van der Waals surface area contributed by atoms with Crippen molar-refractivity contribution in [2.75, 3.05) is 19.8 Å². The maximum Gasteiger partial charge on any atom is 0.119 e. The molecule has 0 radical (unpaired) electrons. The van der Waals surface area contributed by atoms with Crippen LogP contribution in [0.2, 0.25) is 0 Å². The minimum absolute atomic E-state index is 0.0923. The van der Waals surface area contributed by atoms with E-state index < -0.39 is 0 Å². The molecule has 0 amide bonds. The molecule has 0 bridgehead atoms. The van der Waals surface area contributed by atoms with Crippen molar-refractivity contribution in [2.24, 2.45) is 5.73 Å². The van der Waals surface area contributed by atoms with Gasteiger partial charge in [-0.3, -0.25) is 0 Å². The summed E-state index contributed by atoms with van der Waals surface area (Å²) in [5, 5.41) is 0. The quantitative estimate of drug-likeness (QED) is 0.788. The SMILES string of the molecule is NC1(COCCOc2ccccc2)CCCCC1. The van der Waals surface area contributed by atoms with E-state index in [1.54, 1.807) is 0 Å². The third-order valence-electron chi connectivity index (χ3n) is 3.48. The van der Waals surface area contributed by atoms with Crippen molar-refractivity contribution in [2.45, 2.75) is 37.6 Å². The fraction of sp³-hybridized carbons (Fsp3) is 0.600. The maximum absolute atomic E-state index is 6.29. The topological polar surface area (TPSA) is 44.5 Å². The Kier molecular flexibility index (Phi) is 5.02. The Morgan fingerprint density at radius 2 is 1.72 bits per heavy atom. The van der Waals surface area contributed by atoms with Gasteiger partial charge in [0.2, 0.25) is 0 Å². The van der Waals surface area contributed by atoms with E-state index >= 15 is 0 Å². The molecule has 1 fully saturated rings. The molecule has 0 saturated heterocycles. The molecule has 3 heteroatoms. The van der Waals surface area contributed by atoms with E-state index in [1.165, 1.54) is 19.3 Å². The average molecular weight is 249 g/mol. The molecule has 3 nitrogen and oxygen atoms in total. The Balaban J connectivity index is 1.58. The summed E-state index contributed by atoms with van der Waals surface area (Å²) in [6.45, 7) is 1.85. The molecule has 1 aromatic carbocycles. The first-order chi connectivity index (χ1) is 8.79. The average Bonchev–Trinajstić information content (AvgIpc) is 2.40. The Labute approximate surface area is 109 Å². The molecule has 2 N–H and O–H groups in total. The van der Waals surface area contributed by atoms with Gasteiger partial charge in [0.25, 0.3) is 0 Å². The van der Waals surface area contributed by atoms with Crippen LogP contribution in [0.3, 0.4) is 0 Å². The standard InChI is InChI=1S/C15H23NO2/c16-15(9-5-2-6-10-15)13-17-11-12-18-14-7-3-1-4-8-14/h1,3-4,7-8H,2,5-6,9-13,16H2. The highest BCUT2D eigenvalue weighted by molar-refractivity contribution is 5.20. The van der Waals surface area contributed by atoms with E-state index in [4.69, 9.17) is 15.2 Å². The van der Waals surface area contributed by atoms with Crippen LogP contribution in [0.15, 0.2) is 30.3 Å². The van der Waals surface area contributed by atoms with Gasteiger partial charge in [-0.1, -0.05) is 37.5 Å². The summed E-state index contributed by atoms with van der Waals surface area (Å²) in [5.74, 6) is 0.890. The second-order valence-electron chi connectivity index (χ2n) is 5.14. The van der Waals surface area contributed by atoms with Crippen LogP contribution in [0.5, 0.6) is 5.75 Å². The number of para-hydroxylation sites is 1. The van der Waals surface area contributed by atoms with Crippen molar-refractivity contribution >= 4 is 0 Å².